The van der Waals surface area contributed by atoms with Crippen molar-refractivity contribution in [2.45, 2.75) is 18.8 Å². The summed E-state index contributed by atoms with van der Waals surface area (Å²) in [5.74, 6) is 1.27. The molecule has 3 heterocycles. The van der Waals surface area contributed by atoms with Gasteiger partial charge in [-0.3, -0.25) is 9.58 Å². The number of aliphatic hydroxyl groups is 1. The van der Waals surface area contributed by atoms with Gasteiger partial charge in [0, 0.05) is 32.7 Å². The van der Waals surface area contributed by atoms with Gasteiger partial charge in [0.2, 0.25) is 5.88 Å². The summed E-state index contributed by atoms with van der Waals surface area (Å²) in [5, 5.41) is 14.2. The van der Waals surface area contributed by atoms with Crippen LogP contribution in [-0.4, -0.2) is 57.2 Å². The van der Waals surface area contributed by atoms with E-state index in [1.165, 1.54) is 0 Å². The highest BCUT2D eigenvalue weighted by molar-refractivity contribution is 5.16. The standard InChI is InChI=1S/C15H20N4O3/c1-18-8-12(6-16-18)22-14-10-19(9-13(14)20)7-11-4-3-5-15(17-11)21-2/h3-6,8,13-14,20H,7,9-10H2,1-2H3/t13-,14-/m1/s1. The Balaban J connectivity index is 1.60. The molecule has 118 valence electrons. The van der Waals surface area contributed by atoms with Crippen molar-refractivity contribution in [1.82, 2.24) is 19.7 Å². The Kier molecular flexibility index (Phi) is 4.26. The first-order valence-electron chi connectivity index (χ1n) is 7.19. The molecular formula is C15H20N4O3. The van der Waals surface area contributed by atoms with Gasteiger partial charge in [-0.25, -0.2) is 4.98 Å². The van der Waals surface area contributed by atoms with Crippen LogP contribution in [0.25, 0.3) is 0 Å². The summed E-state index contributed by atoms with van der Waals surface area (Å²) in [7, 11) is 3.43. The number of β-amino-alcohol motifs (C(OH)–C–C–N with tert-alkyl or cyclic N) is 1. The summed E-state index contributed by atoms with van der Waals surface area (Å²) in [5.41, 5.74) is 0.911. The van der Waals surface area contributed by atoms with Crippen LogP contribution in [0.15, 0.2) is 30.6 Å². The van der Waals surface area contributed by atoms with E-state index in [1.54, 1.807) is 24.2 Å². The lowest BCUT2D eigenvalue weighted by molar-refractivity contribution is 0.0736. The van der Waals surface area contributed by atoms with E-state index in [0.29, 0.717) is 31.3 Å². The second-order valence-corrected chi connectivity index (χ2v) is 5.44. The van der Waals surface area contributed by atoms with Gasteiger partial charge < -0.3 is 14.6 Å². The zero-order valence-corrected chi connectivity index (χ0v) is 12.7. The number of likely N-dealkylation sites (tertiary alicyclic amines) is 1. The normalized spacial score (nSPS) is 22.0. The van der Waals surface area contributed by atoms with Gasteiger partial charge in [-0.2, -0.15) is 5.10 Å². The Hall–Kier alpha value is -2.12. The van der Waals surface area contributed by atoms with E-state index in [2.05, 4.69) is 15.0 Å². The molecule has 0 aromatic carbocycles. The third-order valence-electron chi connectivity index (χ3n) is 3.66. The molecule has 1 aliphatic rings. The molecule has 22 heavy (non-hydrogen) atoms. The summed E-state index contributed by atoms with van der Waals surface area (Å²) >= 11 is 0. The van der Waals surface area contributed by atoms with E-state index in [9.17, 15) is 5.11 Å². The zero-order chi connectivity index (χ0) is 15.5. The molecular weight excluding hydrogens is 284 g/mol. The van der Waals surface area contributed by atoms with Gasteiger partial charge in [-0.15, -0.1) is 0 Å². The Morgan fingerprint density at radius 3 is 2.95 bits per heavy atom. The van der Waals surface area contributed by atoms with Gasteiger partial charge in [0.15, 0.2) is 5.75 Å². The highest BCUT2D eigenvalue weighted by atomic mass is 16.5. The van der Waals surface area contributed by atoms with Crippen molar-refractivity contribution in [3.63, 3.8) is 0 Å². The largest absolute Gasteiger partial charge is 0.483 e. The molecule has 1 aliphatic heterocycles. The fourth-order valence-electron chi connectivity index (χ4n) is 2.60. The van der Waals surface area contributed by atoms with Gasteiger partial charge >= 0.3 is 0 Å². The van der Waals surface area contributed by atoms with E-state index in [4.69, 9.17) is 9.47 Å². The number of aryl methyl sites for hydroxylation is 1. The number of ether oxygens (including phenoxy) is 2. The molecule has 2 aromatic heterocycles. The minimum atomic E-state index is -0.522. The lowest BCUT2D eigenvalue weighted by atomic mass is 10.3. The first kappa shape index (κ1) is 14.8. The monoisotopic (exact) mass is 304 g/mol. The smallest absolute Gasteiger partial charge is 0.213 e. The highest BCUT2D eigenvalue weighted by Gasteiger charge is 2.33. The summed E-state index contributed by atoms with van der Waals surface area (Å²) in [6, 6.07) is 5.68. The van der Waals surface area contributed by atoms with Gasteiger partial charge in [0.25, 0.3) is 0 Å². The molecule has 3 rings (SSSR count). The minimum absolute atomic E-state index is 0.255. The predicted octanol–water partition coefficient (Wildman–Crippen LogP) is 0.448. The zero-order valence-electron chi connectivity index (χ0n) is 12.7. The van der Waals surface area contributed by atoms with Crippen molar-refractivity contribution in [3.8, 4) is 11.6 Å². The second-order valence-electron chi connectivity index (χ2n) is 5.44. The summed E-state index contributed by atoms with van der Waals surface area (Å²) in [6.07, 6.45) is 2.67. The molecule has 1 saturated heterocycles. The van der Waals surface area contributed by atoms with Crippen LogP contribution in [0.3, 0.4) is 0 Å². The molecule has 0 radical (unpaired) electrons. The molecule has 2 aromatic rings. The number of nitrogens with zero attached hydrogens (tertiary/aromatic N) is 4. The molecule has 0 saturated carbocycles. The van der Waals surface area contributed by atoms with Crippen molar-refractivity contribution in [3.05, 3.63) is 36.3 Å². The number of aliphatic hydroxyl groups excluding tert-OH is 1. The lowest BCUT2D eigenvalue weighted by Crippen LogP contribution is -2.29. The topological polar surface area (TPSA) is 72.6 Å². The van der Waals surface area contributed by atoms with Crippen LogP contribution < -0.4 is 9.47 Å². The Morgan fingerprint density at radius 2 is 2.23 bits per heavy atom. The predicted molar refractivity (Wildman–Crippen MR) is 79.7 cm³/mol. The van der Waals surface area contributed by atoms with Crippen molar-refractivity contribution in [1.29, 1.82) is 0 Å². The van der Waals surface area contributed by atoms with Crippen LogP contribution in [-0.2, 0) is 13.6 Å². The molecule has 1 fully saturated rings. The molecule has 0 bridgehead atoms. The summed E-state index contributed by atoms with van der Waals surface area (Å²) in [4.78, 5) is 6.51. The van der Waals surface area contributed by atoms with Crippen LogP contribution in [0, 0.1) is 0 Å². The van der Waals surface area contributed by atoms with Gasteiger partial charge in [0.05, 0.1) is 25.2 Å². The number of rotatable bonds is 5. The van der Waals surface area contributed by atoms with Crippen molar-refractivity contribution < 1.29 is 14.6 Å². The SMILES string of the molecule is COc1cccc(CN2C[C@@H](O)[C@H](Oc3cnn(C)c3)C2)n1. The van der Waals surface area contributed by atoms with E-state index in [0.717, 1.165) is 5.69 Å². The fourth-order valence-corrected chi connectivity index (χ4v) is 2.60. The van der Waals surface area contributed by atoms with Crippen LogP contribution in [0.5, 0.6) is 11.6 Å². The van der Waals surface area contributed by atoms with E-state index in [1.807, 2.05) is 25.2 Å². The molecule has 2 atom stereocenters. The number of aromatic nitrogens is 3. The van der Waals surface area contributed by atoms with Crippen molar-refractivity contribution in [2.75, 3.05) is 20.2 Å². The maximum atomic E-state index is 10.2. The maximum absolute atomic E-state index is 10.2. The quantitative estimate of drug-likeness (QED) is 0.864. The average Bonchev–Trinajstić information content (AvgIpc) is 3.06. The van der Waals surface area contributed by atoms with Gasteiger partial charge in [0.1, 0.15) is 12.2 Å². The molecule has 7 nitrogen and oxygen atoms in total. The Morgan fingerprint density at radius 1 is 1.36 bits per heavy atom. The van der Waals surface area contributed by atoms with E-state index >= 15 is 0 Å². The van der Waals surface area contributed by atoms with E-state index < -0.39 is 6.10 Å². The second kappa shape index (κ2) is 6.33. The number of hydrogen-bond acceptors (Lipinski definition) is 6. The highest BCUT2D eigenvalue weighted by Crippen LogP contribution is 2.20. The maximum Gasteiger partial charge on any atom is 0.213 e. The minimum Gasteiger partial charge on any atom is -0.483 e. The Bertz CT molecular complexity index is 631. The Labute approximate surface area is 129 Å². The number of methoxy groups -OCH3 is 1. The average molecular weight is 304 g/mol. The number of pyridine rings is 1. The third kappa shape index (κ3) is 3.37. The molecule has 0 amide bonds. The molecule has 0 unspecified atom stereocenters. The third-order valence-corrected chi connectivity index (χ3v) is 3.66. The first-order chi connectivity index (χ1) is 10.6. The molecule has 0 aliphatic carbocycles. The van der Waals surface area contributed by atoms with Crippen molar-refractivity contribution >= 4 is 0 Å². The van der Waals surface area contributed by atoms with Crippen molar-refractivity contribution in [2.24, 2.45) is 7.05 Å². The molecule has 7 heteroatoms. The van der Waals surface area contributed by atoms with Crippen LogP contribution in [0.4, 0.5) is 0 Å². The first-order valence-corrected chi connectivity index (χ1v) is 7.19. The fraction of sp³-hybridized carbons (Fsp3) is 0.467. The summed E-state index contributed by atoms with van der Waals surface area (Å²) in [6.45, 7) is 1.86. The molecule has 1 N–H and O–H groups in total. The van der Waals surface area contributed by atoms with Gasteiger partial charge in [-0.1, -0.05) is 6.07 Å². The van der Waals surface area contributed by atoms with Gasteiger partial charge in [-0.05, 0) is 6.07 Å². The summed E-state index contributed by atoms with van der Waals surface area (Å²) < 4.78 is 12.6. The number of hydrogen-bond donors (Lipinski definition) is 1. The van der Waals surface area contributed by atoms with Crippen LogP contribution in [0.1, 0.15) is 5.69 Å². The van der Waals surface area contributed by atoms with Crippen LogP contribution >= 0.6 is 0 Å². The van der Waals surface area contributed by atoms with Crippen LogP contribution in [0.2, 0.25) is 0 Å². The lowest BCUT2D eigenvalue weighted by Gasteiger charge is -2.16. The van der Waals surface area contributed by atoms with E-state index in [-0.39, 0.29) is 6.10 Å². The molecule has 0 spiro atoms.